The summed E-state index contributed by atoms with van der Waals surface area (Å²) in [5.74, 6) is 2.39. The van der Waals surface area contributed by atoms with E-state index >= 15 is 0 Å². The van der Waals surface area contributed by atoms with Crippen molar-refractivity contribution in [3.05, 3.63) is 66.0 Å². The lowest BCUT2D eigenvalue weighted by molar-refractivity contribution is 0.308. The van der Waals surface area contributed by atoms with Gasteiger partial charge < -0.3 is 4.57 Å². The first-order valence-electron chi connectivity index (χ1n) is 9.09. The quantitative estimate of drug-likeness (QED) is 0.729. The molecule has 0 saturated carbocycles. The second-order valence-electron chi connectivity index (χ2n) is 7.20. The number of aromatic nitrogens is 4. The van der Waals surface area contributed by atoms with E-state index in [2.05, 4.69) is 24.6 Å². The van der Waals surface area contributed by atoms with E-state index in [4.69, 9.17) is 0 Å². The highest BCUT2D eigenvalue weighted by molar-refractivity contribution is 5.54. The molecule has 0 aliphatic carbocycles. The number of fused-ring (bicyclic) bond motifs is 3. The molecule has 5 rings (SSSR count). The van der Waals surface area contributed by atoms with E-state index in [0.29, 0.717) is 18.5 Å². The van der Waals surface area contributed by atoms with Gasteiger partial charge in [0.05, 0.1) is 6.04 Å². The van der Waals surface area contributed by atoms with Gasteiger partial charge >= 0.3 is 0 Å². The number of pyridine rings is 1. The van der Waals surface area contributed by atoms with E-state index in [1.165, 1.54) is 6.07 Å². The molecule has 2 aromatic heterocycles. The standard InChI is InChI=1S/C20H20FN5/c21-17-6-2-1-4-15(17)11-25-12-16-7-8-19-23-24-20(26(19)18(16)13-25)14-5-3-9-22-10-14/h1-6,9-10,16,18H,7-8,11-13H2/t16-,18+/m1/s1. The minimum Gasteiger partial charge on any atom is -0.306 e. The second-order valence-corrected chi connectivity index (χ2v) is 7.20. The third-order valence-electron chi connectivity index (χ3n) is 5.59. The molecule has 0 spiro atoms. The summed E-state index contributed by atoms with van der Waals surface area (Å²) >= 11 is 0. The van der Waals surface area contributed by atoms with Gasteiger partial charge in [0.15, 0.2) is 5.82 Å². The number of aryl methyl sites for hydroxylation is 1. The molecular weight excluding hydrogens is 329 g/mol. The van der Waals surface area contributed by atoms with Crippen molar-refractivity contribution in [1.29, 1.82) is 0 Å². The van der Waals surface area contributed by atoms with Crippen molar-refractivity contribution in [3.63, 3.8) is 0 Å². The fourth-order valence-electron chi connectivity index (χ4n) is 4.36. The van der Waals surface area contributed by atoms with Gasteiger partial charge in [0.25, 0.3) is 0 Å². The van der Waals surface area contributed by atoms with Crippen LogP contribution in [-0.4, -0.2) is 37.7 Å². The Balaban J connectivity index is 1.44. The Kier molecular flexibility index (Phi) is 3.78. The fourth-order valence-corrected chi connectivity index (χ4v) is 4.36. The Morgan fingerprint density at radius 3 is 2.85 bits per heavy atom. The van der Waals surface area contributed by atoms with Gasteiger partial charge in [0.2, 0.25) is 0 Å². The molecule has 5 nitrogen and oxygen atoms in total. The predicted molar refractivity (Wildman–Crippen MR) is 95.8 cm³/mol. The summed E-state index contributed by atoms with van der Waals surface area (Å²) in [6.07, 6.45) is 5.67. The average molecular weight is 349 g/mol. The molecule has 0 N–H and O–H groups in total. The molecule has 132 valence electrons. The van der Waals surface area contributed by atoms with Gasteiger partial charge in [-0.2, -0.15) is 0 Å². The Morgan fingerprint density at radius 2 is 2.00 bits per heavy atom. The molecule has 0 radical (unpaired) electrons. The van der Waals surface area contributed by atoms with Gasteiger partial charge in [-0.3, -0.25) is 9.88 Å². The molecule has 1 saturated heterocycles. The van der Waals surface area contributed by atoms with E-state index < -0.39 is 0 Å². The molecule has 3 aromatic rings. The number of hydrogen-bond acceptors (Lipinski definition) is 4. The zero-order chi connectivity index (χ0) is 17.5. The molecule has 2 aliphatic rings. The van der Waals surface area contributed by atoms with Crippen molar-refractivity contribution >= 4 is 0 Å². The van der Waals surface area contributed by atoms with E-state index in [-0.39, 0.29) is 5.82 Å². The largest absolute Gasteiger partial charge is 0.306 e. The van der Waals surface area contributed by atoms with Gasteiger partial charge in [0, 0.05) is 49.6 Å². The van der Waals surface area contributed by atoms with Crippen LogP contribution >= 0.6 is 0 Å². The maximum atomic E-state index is 14.0. The van der Waals surface area contributed by atoms with E-state index in [1.807, 2.05) is 30.5 Å². The smallest absolute Gasteiger partial charge is 0.165 e. The number of hydrogen-bond donors (Lipinski definition) is 0. The van der Waals surface area contributed by atoms with Crippen molar-refractivity contribution in [2.75, 3.05) is 13.1 Å². The minimum absolute atomic E-state index is 0.122. The van der Waals surface area contributed by atoms with Gasteiger partial charge in [0.1, 0.15) is 11.6 Å². The number of nitrogens with zero attached hydrogens (tertiary/aromatic N) is 5. The van der Waals surface area contributed by atoms with Crippen LogP contribution in [0.2, 0.25) is 0 Å². The zero-order valence-corrected chi connectivity index (χ0v) is 14.4. The molecule has 0 amide bonds. The lowest BCUT2D eigenvalue weighted by atomic mass is 9.93. The molecule has 1 fully saturated rings. The predicted octanol–water partition coefficient (Wildman–Crippen LogP) is 3.10. The molecule has 1 aromatic carbocycles. The number of rotatable bonds is 3. The number of benzene rings is 1. The molecule has 26 heavy (non-hydrogen) atoms. The second kappa shape index (κ2) is 6.29. The van der Waals surface area contributed by atoms with Crippen LogP contribution in [0.3, 0.4) is 0 Å². The molecule has 4 heterocycles. The maximum absolute atomic E-state index is 14.0. The van der Waals surface area contributed by atoms with Crippen LogP contribution in [0.5, 0.6) is 0 Å². The lowest BCUT2D eigenvalue weighted by Gasteiger charge is -2.27. The van der Waals surface area contributed by atoms with Gasteiger partial charge in [-0.05, 0) is 30.5 Å². The summed E-state index contributed by atoms with van der Waals surface area (Å²) in [6.45, 7) is 2.54. The zero-order valence-electron chi connectivity index (χ0n) is 14.4. The Bertz CT molecular complexity index is 923. The lowest BCUT2D eigenvalue weighted by Crippen LogP contribution is -2.26. The van der Waals surface area contributed by atoms with Crippen LogP contribution in [-0.2, 0) is 13.0 Å². The summed E-state index contributed by atoms with van der Waals surface area (Å²) < 4.78 is 16.3. The van der Waals surface area contributed by atoms with Crippen LogP contribution in [0.15, 0.2) is 48.8 Å². The monoisotopic (exact) mass is 349 g/mol. The molecule has 0 unspecified atom stereocenters. The van der Waals surface area contributed by atoms with Crippen molar-refractivity contribution in [3.8, 4) is 11.4 Å². The normalized spacial score (nSPS) is 22.2. The van der Waals surface area contributed by atoms with Gasteiger partial charge in [-0.1, -0.05) is 18.2 Å². The summed E-state index contributed by atoms with van der Waals surface area (Å²) in [6, 6.07) is 11.4. The molecule has 2 atom stereocenters. The first-order chi connectivity index (χ1) is 12.8. The minimum atomic E-state index is -0.122. The van der Waals surface area contributed by atoms with Crippen molar-refractivity contribution in [1.82, 2.24) is 24.6 Å². The van der Waals surface area contributed by atoms with Crippen LogP contribution in [0.25, 0.3) is 11.4 Å². The van der Waals surface area contributed by atoms with Crippen LogP contribution in [0.1, 0.15) is 23.9 Å². The Morgan fingerprint density at radius 1 is 1.08 bits per heavy atom. The Labute approximate surface area is 151 Å². The van der Waals surface area contributed by atoms with Crippen molar-refractivity contribution < 1.29 is 4.39 Å². The van der Waals surface area contributed by atoms with E-state index in [1.54, 1.807) is 12.3 Å². The average Bonchev–Trinajstić information content (AvgIpc) is 3.27. The number of halogens is 1. The molecule has 6 heteroatoms. The van der Waals surface area contributed by atoms with E-state index in [0.717, 1.165) is 48.7 Å². The fraction of sp³-hybridized carbons (Fsp3) is 0.350. The molecular formula is C20H20FN5. The molecule has 2 aliphatic heterocycles. The molecule has 0 bridgehead atoms. The third-order valence-corrected chi connectivity index (χ3v) is 5.59. The summed E-state index contributed by atoms with van der Waals surface area (Å²) in [7, 11) is 0. The summed E-state index contributed by atoms with van der Waals surface area (Å²) in [4.78, 5) is 6.58. The Hall–Kier alpha value is -2.60. The number of likely N-dealkylation sites (tertiary alicyclic amines) is 1. The van der Waals surface area contributed by atoms with Crippen molar-refractivity contribution in [2.45, 2.75) is 25.4 Å². The van der Waals surface area contributed by atoms with Gasteiger partial charge in [-0.15, -0.1) is 10.2 Å². The maximum Gasteiger partial charge on any atom is 0.165 e. The summed E-state index contributed by atoms with van der Waals surface area (Å²) in [5, 5.41) is 8.87. The SMILES string of the molecule is Fc1ccccc1CN1C[C@H]2CCc3nnc(-c4cccnc4)n3[C@H]2C1. The van der Waals surface area contributed by atoms with E-state index in [9.17, 15) is 4.39 Å². The summed E-state index contributed by atoms with van der Waals surface area (Å²) in [5.41, 5.74) is 1.77. The first kappa shape index (κ1) is 15.6. The van der Waals surface area contributed by atoms with Crippen LogP contribution in [0, 0.1) is 11.7 Å². The van der Waals surface area contributed by atoms with Crippen LogP contribution < -0.4 is 0 Å². The highest BCUT2D eigenvalue weighted by Gasteiger charge is 2.39. The topological polar surface area (TPSA) is 46.8 Å². The van der Waals surface area contributed by atoms with Crippen LogP contribution in [0.4, 0.5) is 4.39 Å². The van der Waals surface area contributed by atoms with Gasteiger partial charge in [-0.25, -0.2) is 4.39 Å². The highest BCUT2D eigenvalue weighted by atomic mass is 19.1. The van der Waals surface area contributed by atoms with Crippen molar-refractivity contribution in [2.24, 2.45) is 5.92 Å². The highest BCUT2D eigenvalue weighted by Crippen LogP contribution is 2.39. The first-order valence-corrected chi connectivity index (χ1v) is 9.09. The third kappa shape index (κ3) is 2.61.